The number of benzene rings is 1. The van der Waals surface area contributed by atoms with Crippen molar-refractivity contribution in [3.63, 3.8) is 0 Å². The summed E-state index contributed by atoms with van der Waals surface area (Å²) in [4.78, 5) is 23.4. The topological polar surface area (TPSA) is 119 Å². The lowest BCUT2D eigenvalue weighted by Gasteiger charge is -2.26. The first-order valence-electron chi connectivity index (χ1n) is 11.4. The van der Waals surface area contributed by atoms with E-state index in [1.807, 2.05) is 12.1 Å². The average Bonchev–Trinajstić information content (AvgIpc) is 3.31. The zero-order valence-electron chi connectivity index (χ0n) is 19.4. The molecule has 2 unspecified atom stereocenters. The van der Waals surface area contributed by atoms with Gasteiger partial charge in [0.05, 0.1) is 28.3 Å². The van der Waals surface area contributed by atoms with Gasteiger partial charge in [-0.05, 0) is 55.5 Å². The Labute approximate surface area is 211 Å². The molecule has 1 aliphatic rings. The van der Waals surface area contributed by atoms with Crippen LogP contribution in [-0.4, -0.2) is 53.3 Å². The number of rotatable bonds is 9. The van der Waals surface area contributed by atoms with Crippen LogP contribution in [0.4, 0.5) is 9.18 Å². The second kappa shape index (κ2) is 12.9. The van der Waals surface area contributed by atoms with Gasteiger partial charge in [-0.15, -0.1) is 11.3 Å². The van der Waals surface area contributed by atoms with Crippen molar-refractivity contribution in [3.8, 4) is 17.6 Å². The fraction of sp³-hybridized carbons (Fsp3) is 0.360. The molecule has 9 nitrogen and oxygen atoms in total. The quantitative estimate of drug-likeness (QED) is 0.427. The Bertz CT molecular complexity index is 1250. The number of carbonyl (C=O) groups is 1. The maximum atomic E-state index is 13.4. The van der Waals surface area contributed by atoms with E-state index < -0.39 is 18.9 Å². The summed E-state index contributed by atoms with van der Waals surface area (Å²) in [7, 11) is 0. The first-order valence-corrected chi connectivity index (χ1v) is 12.2. The molecule has 0 spiro atoms. The van der Waals surface area contributed by atoms with Crippen LogP contribution in [0.1, 0.15) is 35.7 Å². The highest BCUT2D eigenvalue weighted by Crippen LogP contribution is 2.27. The zero-order chi connectivity index (χ0) is 25.2. The zero-order valence-corrected chi connectivity index (χ0v) is 20.2. The Balaban J connectivity index is 1.30. The van der Waals surface area contributed by atoms with E-state index in [1.54, 1.807) is 18.2 Å². The second-order valence-electron chi connectivity index (χ2n) is 7.80. The summed E-state index contributed by atoms with van der Waals surface area (Å²) in [5, 5.41) is 0.779. The van der Waals surface area contributed by atoms with Crippen LogP contribution < -0.4 is 10.5 Å². The second-order valence-corrected chi connectivity index (χ2v) is 8.87. The van der Waals surface area contributed by atoms with Crippen molar-refractivity contribution in [3.05, 3.63) is 53.1 Å². The number of ether oxygens (including phenoxy) is 4. The fourth-order valence-electron chi connectivity index (χ4n) is 3.29. The summed E-state index contributed by atoms with van der Waals surface area (Å²) in [6.07, 6.45) is 7.33. The van der Waals surface area contributed by atoms with E-state index in [0.717, 1.165) is 34.5 Å². The van der Waals surface area contributed by atoms with Crippen LogP contribution in [-0.2, 0) is 20.8 Å². The molecule has 4 rings (SSSR count). The van der Waals surface area contributed by atoms with Crippen LogP contribution in [0.2, 0.25) is 0 Å². The molecule has 3 heterocycles. The van der Waals surface area contributed by atoms with Crippen LogP contribution in [0.25, 0.3) is 16.3 Å². The van der Waals surface area contributed by atoms with E-state index in [2.05, 4.69) is 31.5 Å². The third-order valence-electron chi connectivity index (χ3n) is 5.04. The van der Waals surface area contributed by atoms with Crippen LogP contribution in [0.15, 0.2) is 36.7 Å². The molecule has 1 saturated heterocycles. The summed E-state index contributed by atoms with van der Waals surface area (Å²) >= 11 is 1.49. The van der Waals surface area contributed by atoms with Gasteiger partial charge >= 0.3 is 6.09 Å². The van der Waals surface area contributed by atoms with Crippen molar-refractivity contribution >= 4 is 33.7 Å². The monoisotopic (exact) mass is 512 g/mol. The van der Waals surface area contributed by atoms with Gasteiger partial charge in [-0.1, -0.05) is 5.92 Å². The van der Waals surface area contributed by atoms with Gasteiger partial charge in [-0.2, -0.15) is 0 Å². The highest BCUT2D eigenvalue weighted by atomic mass is 32.1. The molecule has 0 radical (unpaired) electrons. The molecule has 1 amide bonds. The molecule has 0 aliphatic carbocycles. The third-order valence-corrected chi connectivity index (χ3v) is 6.03. The van der Waals surface area contributed by atoms with Gasteiger partial charge in [-0.3, -0.25) is 4.98 Å². The SMILES string of the molecule is NC(=O)OCc1cnc(C#C/C=C/c2nc3ccc(OCC(CF)OC4CCCCO4)cc3s2)cn1. The number of carbonyl (C=O) groups excluding carboxylic acids is 1. The molecule has 1 fully saturated rings. The predicted molar refractivity (Wildman–Crippen MR) is 132 cm³/mol. The van der Waals surface area contributed by atoms with E-state index in [4.69, 9.17) is 19.9 Å². The number of hydrogen-bond donors (Lipinski definition) is 1. The number of allylic oxidation sites excluding steroid dienone is 1. The van der Waals surface area contributed by atoms with Gasteiger partial charge in [-0.25, -0.2) is 19.2 Å². The van der Waals surface area contributed by atoms with E-state index >= 15 is 0 Å². The van der Waals surface area contributed by atoms with Gasteiger partial charge in [0, 0.05) is 6.61 Å². The Morgan fingerprint density at radius 3 is 3.00 bits per heavy atom. The Morgan fingerprint density at radius 1 is 1.33 bits per heavy atom. The fourth-order valence-corrected chi connectivity index (χ4v) is 4.19. The van der Waals surface area contributed by atoms with Crippen LogP contribution >= 0.6 is 11.3 Å². The molecular formula is C25H25FN4O5S. The minimum Gasteiger partial charge on any atom is -0.491 e. The number of aromatic nitrogens is 3. The lowest BCUT2D eigenvalue weighted by atomic mass is 10.2. The van der Waals surface area contributed by atoms with Gasteiger partial charge in [0.2, 0.25) is 0 Å². The predicted octanol–water partition coefficient (Wildman–Crippen LogP) is 4.01. The van der Waals surface area contributed by atoms with Crippen molar-refractivity contribution in [2.45, 2.75) is 38.3 Å². The molecule has 0 bridgehead atoms. The summed E-state index contributed by atoms with van der Waals surface area (Å²) < 4.78 is 36.0. The number of hydrogen-bond acceptors (Lipinski definition) is 9. The number of primary amides is 1. The van der Waals surface area contributed by atoms with E-state index in [0.29, 0.717) is 23.7 Å². The Hall–Kier alpha value is -3.59. The summed E-state index contributed by atoms with van der Waals surface area (Å²) in [5.41, 5.74) is 6.69. The van der Waals surface area contributed by atoms with Gasteiger partial charge < -0.3 is 24.7 Å². The maximum Gasteiger partial charge on any atom is 0.404 e. The van der Waals surface area contributed by atoms with Crippen molar-refractivity contribution in [2.75, 3.05) is 19.9 Å². The normalized spacial score (nSPS) is 16.4. The minimum absolute atomic E-state index is 0.0417. The third kappa shape index (κ3) is 7.71. The summed E-state index contributed by atoms with van der Waals surface area (Å²) in [6, 6.07) is 5.54. The molecule has 2 aromatic heterocycles. The standard InChI is InChI=1S/C25H25FN4O5S/c26-12-20(35-24-7-3-4-10-32-24)16-33-19-8-9-21-22(11-19)36-23(30-21)6-2-1-5-17-13-29-18(14-28-17)15-34-25(27)31/h2,6,8-9,11,13-14,20,24H,3-4,7,10,12,15-16H2,(H2,27,31)/b6-2+. The summed E-state index contributed by atoms with van der Waals surface area (Å²) in [6.45, 7) is 0.0642. The van der Waals surface area contributed by atoms with E-state index in [1.165, 1.54) is 23.7 Å². The van der Waals surface area contributed by atoms with Crippen molar-refractivity contribution < 1.29 is 28.1 Å². The number of nitrogens with zero attached hydrogens (tertiary/aromatic N) is 3. The minimum atomic E-state index is -0.871. The average molecular weight is 513 g/mol. The van der Waals surface area contributed by atoms with Gasteiger partial charge in [0.1, 0.15) is 42.4 Å². The molecule has 11 heteroatoms. The largest absolute Gasteiger partial charge is 0.491 e. The Kier molecular flexibility index (Phi) is 9.15. The number of thiazole rings is 1. The molecule has 1 aromatic carbocycles. The smallest absolute Gasteiger partial charge is 0.404 e. The molecule has 36 heavy (non-hydrogen) atoms. The van der Waals surface area contributed by atoms with Crippen LogP contribution in [0.3, 0.4) is 0 Å². The summed E-state index contributed by atoms with van der Waals surface area (Å²) in [5.74, 6) is 6.39. The van der Waals surface area contributed by atoms with Crippen molar-refractivity contribution in [1.82, 2.24) is 15.0 Å². The van der Waals surface area contributed by atoms with E-state index in [-0.39, 0.29) is 19.5 Å². The van der Waals surface area contributed by atoms with Gasteiger partial charge in [0.25, 0.3) is 0 Å². The molecule has 0 saturated carbocycles. The molecule has 2 N–H and O–H groups in total. The highest BCUT2D eigenvalue weighted by molar-refractivity contribution is 7.19. The molecule has 188 valence electrons. The Morgan fingerprint density at radius 2 is 2.25 bits per heavy atom. The molecule has 2 atom stereocenters. The molecule has 1 aliphatic heterocycles. The number of amides is 1. The first-order chi connectivity index (χ1) is 17.6. The van der Waals surface area contributed by atoms with E-state index in [9.17, 15) is 9.18 Å². The number of fused-ring (bicyclic) bond motifs is 1. The number of nitrogens with two attached hydrogens (primary N) is 1. The van der Waals surface area contributed by atoms with Crippen LogP contribution in [0.5, 0.6) is 5.75 Å². The van der Waals surface area contributed by atoms with Gasteiger partial charge in [0.15, 0.2) is 6.29 Å². The molecular weight excluding hydrogens is 487 g/mol. The number of alkyl halides is 1. The first kappa shape index (κ1) is 25.5. The van der Waals surface area contributed by atoms with Crippen molar-refractivity contribution in [2.24, 2.45) is 5.73 Å². The maximum absolute atomic E-state index is 13.4. The number of halogens is 1. The lowest BCUT2D eigenvalue weighted by molar-refractivity contribution is -0.195. The molecule has 3 aromatic rings. The van der Waals surface area contributed by atoms with Crippen molar-refractivity contribution in [1.29, 1.82) is 0 Å². The van der Waals surface area contributed by atoms with Crippen LogP contribution in [0, 0.1) is 11.8 Å². The highest BCUT2D eigenvalue weighted by Gasteiger charge is 2.20. The lowest BCUT2D eigenvalue weighted by Crippen LogP contribution is -2.32.